The average molecular weight is 513 g/mol. The van der Waals surface area contributed by atoms with E-state index in [-0.39, 0.29) is 30.1 Å². The van der Waals surface area contributed by atoms with Crippen LogP contribution >= 0.6 is 24.0 Å². The molecule has 0 radical (unpaired) electrons. The minimum atomic E-state index is -0.0846. The molecule has 0 bridgehead atoms. The van der Waals surface area contributed by atoms with Crippen molar-refractivity contribution >= 4 is 35.6 Å². The number of guanidine groups is 1. The van der Waals surface area contributed by atoms with Crippen molar-refractivity contribution in [1.29, 1.82) is 0 Å². The van der Waals surface area contributed by atoms with Crippen LogP contribution in [-0.2, 0) is 0 Å². The SMILES string of the molecule is CN=C(NCC(C)Oc1ccccc1OC)Nc1ccc2c(c1)OCCCO2.I. The Morgan fingerprint density at radius 3 is 2.55 bits per heavy atom. The Morgan fingerprint density at radius 1 is 1.10 bits per heavy atom. The molecule has 0 spiro atoms. The summed E-state index contributed by atoms with van der Waals surface area (Å²) in [6, 6.07) is 13.4. The number of halogens is 1. The molecule has 0 fully saturated rings. The maximum atomic E-state index is 5.96. The molecule has 2 aromatic rings. The molecule has 2 aromatic carbocycles. The van der Waals surface area contributed by atoms with E-state index in [0.717, 1.165) is 23.6 Å². The lowest BCUT2D eigenvalue weighted by Crippen LogP contribution is -2.37. The third-order valence-corrected chi connectivity index (χ3v) is 4.19. The van der Waals surface area contributed by atoms with E-state index in [2.05, 4.69) is 15.6 Å². The number of anilines is 1. The standard InChI is InChI=1S/C21H27N3O4.HI/c1-15(28-19-8-5-4-7-17(19)25-3)14-23-21(22-2)24-16-9-10-18-20(13-16)27-12-6-11-26-18;/h4-5,7-10,13,15H,6,11-12,14H2,1-3H3,(H2,22,23,24);1H. The van der Waals surface area contributed by atoms with Crippen molar-refractivity contribution in [2.75, 3.05) is 39.2 Å². The van der Waals surface area contributed by atoms with Gasteiger partial charge in [0.25, 0.3) is 0 Å². The molecule has 8 heteroatoms. The number of benzene rings is 2. The van der Waals surface area contributed by atoms with Crippen molar-refractivity contribution in [2.24, 2.45) is 4.99 Å². The molecule has 1 aliphatic rings. The minimum Gasteiger partial charge on any atom is -0.493 e. The van der Waals surface area contributed by atoms with Gasteiger partial charge in [0, 0.05) is 25.2 Å². The van der Waals surface area contributed by atoms with E-state index < -0.39 is 0 Å². The molecule has 0 amide bonds. The van der Waals surface area contributed by atoms with Gasteiger partial charge in [-0.3, -0.25) is 4.99 Å². The number of fused-ring (bicyclic) bond motifs is 1. The predicted octanol–water partition coefficient (Wildman–Crippen LogP) is 3.93. The first kappa shape index (κ1) is 22.9. The summed E-state index contributed by atoms with van der Waals surface area (Å²) in [4.78, 5) is 4.27. The van der Waals surface area contributed by atoms with Crippen molar-refractivity contribution < 1.29 is 18.9 Å². The summed E-state index contributed by atoms with van der Waals surface area (Å²) in [7, 11) is 3.36. The van der Waals surface area contributed by atoms with Gasteiger partial charge in [-0.1, -0.05) is 12.1 Å². The monoisotopic (exact) mass is 513 g/mol. The lowest BCUT2D eigenvalue weighted by Gasteiger charge is -2.19. The lowest BCUT2D eigenvalue weighted by atomic mass is 10.2. The first-order valence-corrected chi connectivity index (χ1v) is 9.36. The van der Waals surface area contributed by atoms with Gasteiger partial charge >= 0.3 is 0 Å². The number of para-hydroxylation sites is 2. The van der Waals surface area contributed by atoms with E-state index in [1.165, 1.54) is 0 Å². The van der Waals surface area contributed by atoms with E-state index in [1.54, 1.807) is 14.2 Å². The summed E-state index contributed by atoms with van der Waals surface area (Å²) in [6.45, 7) is 3.89. The van der Waals surface area contributed by atoms with Gasteiger partial charge in [-0.2, -0.15) is 0 Å². The zero-order chi connectivity index (χ0) is 19.8. The van der Waals surface area contributed by atoms with E-state index >= 15 is 0 Å². The highest BCUT2D eigenvalue weighted by molar-refractivity contribution is 14.0. The van der Waals surface area contributed by atoms with Crippen LogP contribution in [0.3, 0.4) is 0 Å². The highest BCUT2D eigenvalue weighted by Crippen LogP contribution is 2.32. The second kappa shape index (κ2) is 11.6. The van der Waals surface area contributed by atoms with Crippen LogP contribution in [0, 0.1) is 0 Å². The predicted molar refractivity (Wildman–Crippen MR) is 126 cm³/mol. The number of hydrogen-bond acceptors (Lipinski definition) is 5. The molecular weight excluding hydrogens is 485 g/mol. The molecule has 1 atom stereocenters. The number of hydrogen-bond donors (Lipinski definition) is 2. The molecule has 1 heterocycles. The number of rotatable bonds is 6. The van der Waals surface area contributed by atoms with E-state index in [9.17, 15) is 0 Å². The third-order valence-electron chi connectivity index (χ3n) is 4.19. The topological polar surface area (TPSA) is 73.3 Å². The van der Waals surface area contributed by atoms with Gasteiger partial charge in [0.15, 0.2) is 29.0 Å². The van der Waals surface area contributed by atoms with Crippen molar-refractivity contribution in [2.45, 2.75) is 19.4 Å². The van der Waals surface area contributed by atoms with Crippen molar-refractivity contribution in [3.05, 3.63) is 42.5 Å². The molecule has 29 heavy (non-hydrogen) atoms. The van der Waals surface area contributed by atoms with Gasteiger partial charge in [0.2, 0.25) is 0 Å². The van der Waals surface area contributed by atoms with Crippen LogP contribution in [0.1, 0.15) is 13.3 Å². The maximum Gasteiger partial charge on any atom is 0.195 e. The Hall–Kier alpha value is -2.36. The Bertz CT molecular complexity index is 816. The average Bonchev–Trinajstić information content (AvgIpc) is 2.96. The number of methoxy groups -OCH3 is 1. The van der Waals surface area contributed by atoms with Crippen molar-refractivity contribution in [1.82, 2.24) is 5.32 Å². The molecule has 0 aliphatic carbocycles. The van der Waals surface area contributed by atoms with E-state index in [0.29, 0.717) is 37.2 Å². The summed E-state index contributed by atoms with van der Waals surface area (Å²) >= 11 is 0. The van der Waals surface area contributed by atoms with Crippen LogP contribution < -0.4 is 29.6 Å². The highest BCUT2D eigenvalue weighted by atomic mass is 127. The number of aliphatic imine (C=N–C) groups is 1. The van der Waals surface area contributed by atoms with E-state index in [4.69, 9.17) is 18.9 Å². The quantitative estimate of drug-likeness (QED) is 0.347. The maximum absolute atomic E-state index is 5.96. The Kier molecular flexibility index (Phi) is 9.17. The number of ether oxygens (including phenoxy) is 4. The van der Waals surface area contributed by atoms with Crippen molar-refractivity contribution in [3.63, 3.8) is 0 Å². The van der Waals surface area contributed by atoms with Crippen LogP contribution in [0.25, 0.3) is 0 Å². The van der Waals surface area contributed by atoms with Crippen LogP contribution in [0.4, 0.5) is 5.69 Å². The fourth-order valence-corrected chi connectivity index (χ4v) is 2.77. The molecule has 3 rings (SSSR count). The zero-order valence-corrected chi connectivity index (χ0v) is 19.3. The molecular formula is C21H28IN3O4. The molecule has 2 N–H and O–H groups in total. The molecule has 0 aromatic heterocycles. The van der Waals surface area contributed by atoms with Crippen molar-refractivity contribution in [3.8, 4) is 23.0 Å². The normalized spacial score (nSPS) is 14.1. The largest absolute Gasteiger partial charge is 0.493 e. The molecule has 158 valence electrons. The molecule has 0 saturated carbocycles. The van der Waals surface area contributed by atoms with E-state index in [1.807, 2.05) is 49.4 Å². The smallest absolute Gasteiger partial charge is 0.195 e. The molecule has 0 saturated heterocycles. The summed E-state index contributed by atoms with van der Waals surface area (Å²) in [6.07, 6.45) is 0.795. The first-order chi connectivity index (χ1) is 13.7. The second-order valence-electron chi connectivity index (χ2n) is 6.37. The van der Waals surface area contributed by atoms with Crippen LogP contribution in [0.15, 0.2) is 47.5 Å². The lowest BCUT2D eigenvalue weighted by molar-refractivity contribution is 0.214. The van der Waals surface area contributed by atoms with Gasteiger partial charge in [0.05, 0.1) is 26.9 Å². The fraction of sp³-hybridized carbons (Fsp3) is 0.381. The first-order valence-electron chi connectivity index (χ1n) is 9.36. The minimum absolute atomic E-state index is 0. The van der Waals surface area contributed by atoms with Gasteiger partial charge in [-0.05, 0) is 31.2 Å². The van der Waals surface area contributed by atoms with Gasteiger partial charge in [0.1, 0.15) is 6.10 Å². The van der Waals surface area contributed by atoms with Crippen LogP contribution in [0.2, 0.25) is 0 Å². The van der Waals surface area contributed by atoms with Gasteiger partial charge in [-0.25, -0.2) is 0 Å². The molecule has 7 nitrogen and oxygen atoms in total. The Balaban J connectivity index is 0.00000300. The second-order valence-corrected chi connectivity index (χ2v) is 6.37. The van der Waals surface area contributed by atoms with Gasteiger partial charge < -0.3 is 29.6 Å². The van der Waals surface area contributed by atoms with Crippen LogP contribution in [0.5, 0.6) is 23.0 Å². The molecule has 1 unspecified atom stereocenters. The zero-order valence-electron chi connectivity index (χ0n) is 16.9. The highest BCUT2D eigenvalue weighted by Gasteiger charge is 2.12. The summed E-state index contributed by atoms with van der Waals surface area (Å²) in [5, 5.41) is 6.53. The third kappa shape index (κ3) is 6.59. The fourth-order valence-electron chi connectivity index (χ4n) is 2.77. The number of nitrogens with zero attached hydrogens (tertiary/aromatic N) is 1. The number of nitrogens with one attached hydrogen (secondary N) is 2. The summed E-state index contributed by atoms with van der Waals surface area (Å²) in [5.41, 5.74) is 0.871. The summed E-state index contributed by atoms with van der Waals surface area (Å²) < 4.78 is 22.7. The Labute approximate surface area is 188 Å². The van der Waals surface area contributed by atoms with Crippen LogP contribution in [-0.4, -0.2) is 46.0 Å². The molecule has 1 aliphatic heterocycles. The summed E-state index contributed by atoms with van der Waals surface area (Å²) in [5.74, 6) is 3.58. The van der Waals surface area contributed by atoms with Gasteiger partial charge in [-0.15, -0.1) is 24.0 Å². The Morgan fingerprint density at radius 2 is 1.83 bits per heavy atom.